The SMILES string of the molecule is CCN1NNN=C1c1cnn(-c2ccc(Br)cc2)c1I. The fourth-order valence-electron chi connectivity index (χ4n) is 1.93. The van der Waals surface area contributed by atoms with Crippen LogP contribution in [-0.2, 0) is 0 Å². The third kappa shape index (κ3) is 2.42. The molecule has 0 saturated carbocycles. The fourth-order valence-corrected chi connectivity index (χ4v) is 2.98. The quantitative estimate of drug-likeness (QED) is 0.710. The highest BCUT2D eigenvalue weighted by Gasteiger charge is 2.22. The van der Waals surface area contributed by atoms with E-state index in [4.69, 9.17) is 0 Å². The lowest BCUT2D eigenvalue weighted by Crippen LogP contribution is -2.41. The van der Waals surface area contributed by atoms with Gasteiger partial charge in [0.25, 0.3) is 0 Å². The molecule has 0 fully saturated rings. The van der Waals surface area contributed by atoms with Crippen molar-refractivity contribution in [2.75, 3.05) is 6.54 Å². The Kier molecular flexibility index (Phi) is 3.94. The van der Waals surface area contributed by atoms with Gasteiger partial charge in [-0.3, -0.25) is 5.01 Å². The van der Waals surface area contributed by atoms with E-state index in [-0.39, 0.29) is 0 Å². The van der Waals surface area contributed by atoms with Crippen LogP contribution in [0.15, 0.2) is 40.0 Å². The molecule has 0 aliphatic carbocycles. The number of aromatic nitrogens is 2. The Morgan fingerprint density at radius 2 is 2.05 bits per heavy atom. The molecule has 0 radical (unpaired) electrons. The predicted molar refractivity (Wildman–Crippen MR) is 89.2 cm³/mol. The maximum Gasteiger partial charge on any atom is 0.177 e. The van der Waals surface area contributed by atoms with Crippen LogP contribution in [0.3, 0.4) is 0 Å². The molecule has 2 N–H and O–H groups in total. The number of hydrogen-bond acceptors (Lipinski definition) is 5. The molecular formula is C12H12BrIN6. The van der Waals surface area contributed by atoms with Crippen LogP contribution in [0.1, 0.15) is 12.5 Å². The van der Waals surface area contributed by atoms with Gasteiger partial charge in [0.1, 0.15) is 3.70 Å². The van der Waals surface area contributed by atoms with E-state index in [0.29, 0.717) is 0 Å². The van der Waals surface area contributed by atoms with Crippen molar-refractivity contribution >= 4 is 44.4 Å². The first-order valence-corrected chi connectivity index (χ1v) is 7.93. The van der Waals surface area contributed by atoms with Gasteiger partial charge in [0.15, 0.2) is 5.84 Å². The van der Waals surface area contributed by atoms with Crippen molar-refractivity contribution in [1.29, 1.82) is 0 Å². The minimum Gasteiger partial charge on any atom is -0.271 e. The molecule has 104 valence electrons. The van der Waals surface area contributed by atoms with E-state index < -0.39 is 0 Å². The van der Waals surface area contributed by atoms with Gasteiger partial charge in [-0.05, 0) is 53.8 Å². The highest BCUT2D eigenvalue weighted by molar-refractivity contribution is 14.1. The second-order valence-corrected chi connectivity index (χ2v) is 6.08. The molecule has 8 heteroatoms. The van der Waals surface area contributed by atoms with Gasteiger partial charge >= 0.3 is 0 Å². The summed E-state index contributed by atoms with van der Waals surface area (Å²) in [6.07, 6.45) is 1.83. The monoisotopic (exact) mass is 446 g/mol. The normalized spacial score (nSPS) is 14.3. The lowest BCUT2D eigenvalue weighted by Gasteiger charge is -2.15. The second-order valence-electron chi connectivity index (χ2n) is 4.14. The summed E-state index contributed by atoms with van der Waals surface area (Å²) in [7, 11) is 0. The third-order valence-corrected chi connectivity index (χ3v) is 4.51. The van der Waals surface area contributed by atoms with Gasteiger partial charge in [0.05, 0.1) is 17.4 Å². The predicted octanol–water partition coefficient (Wildman–Crippen LogP) is 2.25. The minimum absolute atomic E-state index is 0.811. The first-order valence-electron chi connectivity index (χ1n) is 6.06. The van der Waals surface area contributed by atoms with Crippen LogP contribution < -0.4 is 11.1 Å². The Bertz CT molecular complexity index is 650. The molecule has 20 heavy (non-hydrogen) atoms. The maximum atomic E-state index is 4.46. The molecular weight excluding hydrogens is 435 g/mol. The van der Waals surface area contributed by atoms with Crippen LogP contribution in [0.5, 0.6) is 0 Å². The van der Waals surface area contributed by atoms with E-state index in [9.17, 15) is 0 Å². The van der Waals surface area contributed by atoms with Crippen LogP contribution in [0.4, 0.5) is 0 Å². The largest absolute Gasteiger partial charge is 0.271 e. The molecule has 0 amide bonds. The Hall–Kier alpha value is -1.13. The topological polar surface area (TPSA) is 57.5 Å². The summed E-state index contributed by atoms with van der Waals surface area (Å²) in [6.45, 7) is 2.87. The molecule has 1 aliphatic heterocycles. The number of nitrogens with zero attached hydrogens (tertiary/aromatic N) is 4. The second kappa shape index (κ2) is 5.70. The highest BCUT2D eigenvalue weighted by atomic mass is 127. The molecule has 0 spiro atoms. The van der Waals surface area contributed by atoms with E-state index in [1.807, 2.05) is 40.2 Å². The first kappa shape index (κ1) is 13.8. The molecule has 2 heterocycles. The van der Waals surface area contributed by atoms with Crippen LogP contribution in [0, 0.1) is 3.70 Å². The Morgan fingerprint density at radius 1 is 1.30 bits per heavy atom. The number of hydrazone groups is 1. The van der Waals surface area contributed by atoms with Gasteiger partial charge in [-0.25, -0.2) is 10.2 Å². The van der Waals surface area contributed by atoms with Crippen LogP contribution in [-0.4, -0.2) is 27.2 Å². The molecule has 0 saturated heterocycles. The average Bonchev–Trinajstić information content (AvgIpc) is 3.06. The highest BCUT2D eigenvalue weighted by Crippen LogP contribution is 2.20. The zero-order valence-electron chi connectivity index (χ0n) is 10.6. The van der Waals surface area contributed by atoms with Crippen LogP contribution in [0.2, 0.25) is 0 Å². The summed E-state index contributed by atoms with van der Waals surface area (Å²) in [5.41, 5.74) is 7.76. The van der Waals surface area contributed by atoms with Crippen molar-refractivity contribution in [1.82, 2.24) is 25.9 Å². The fraction of sp³-hybridized carbons (Fsp3) is 0.167. The lowest BCUT2D eigenvalue weighted by molar-refractivity contribution is 0.308. The van der Waals surface area contributed by atoms with E-state index in [1.165, 1.54) is 0 Å². The van der Waals surface area contributed by atoms with E-state index in [2.05, 4.69) is 66.7 Å². The summed E-state index contributed by atoms with van der Waals surface area (Å²) in [5.74, 6) is 0.847. The number of benzene rings is 1. The van der Waals surface area contributed by atoms with E-state index >= 15 is 0 Å². The smallest absolute Gasteiger partial charge is 0.177 e. The summed E-state index contributed by atoms with van der Waals surface area (Å²) >= 11 is 5.73. The zero-order valence-corrected chi connectivity index (χ0v) is 14.4. The molecule has 1 aliphatic rings. The molecule has 3 rings (SSSR count). The van der Waals surface area contributed by atoms with Crippen molar-refractivity contribution < 1.29 is 0 Å². The first-order chi connectivity index (χ1) is 9.70. The number of hydrogen-bond donors (Lipinski definition) is 2. The Balaban J connectivity index is 1.99. The van der Waals surface area contributed by atoms with E-state index in [1.54, 1.807) is 0 Å². The Labute approximate surface area is 138 Å². The van der Waals surface area contributed by atoms with Gasteiger partial charge < -0.3 is 0 Å². The van der Waals surface area contributed by atoms with Gasteiger partial charge in [-0.2, -0.15) is 5.10 Å². The van der Waals surface area contributed by atoms with Crippen LogP contribution in [0.25, 0.3) is 5.69 Å². The minimum atomic E-state index is 0.811. The van der Waals surface area contributed by atoms with Crippen molar-refractivity contribution in [3.05, 3.63) is 44.2 Å². The standard InChI is InChI=1S/C12H12BrIN6/c1-2-19-12(16-17-18-19)10-7-15-20(11(10)14)9-5-3-8(13)4-6-9/h3-7,17-18H,2H2,1H3. The van der Waals surface area contributed by atoms with Gasteiger partial charge in [-0.15, -0.1) is 10.6 Å². The van der Waals surface area contributed by atoms with E-state index in [0.717, 1.165) is 31.8 Å². The number of amidine groups is 1. The molecule has 0 atom stereocenters. The summed E-state index contributed by atoms with van der Waals surface area (Å²) in [5, 5.41) is 10.7. The number of halogens is 2. The van der Waals surface area contributed by atoms with Crippen LogP contribution >= 0.6 is 38.5 Å². The van der Waals surface area contributed by atoms with Gasteiger partial charge in [-0.1, -0.05) is 15.9 Å². The maximum absolute atomic E-state index is 4.46. The van der Waals surface area contributed by atoms with Crippen molar-refractivity contribution in [3.63, 3.8) is 0 Å². The lowest BCUT2D eigenvalue weighted by atomic mass is 10.3. The summed E-state index contributed by atoms with van der Waals surface area (Å²) in [4.78, 5) is 0. The van der Waals surface area contributed by atoms with Crippen molar-refractivity contribution in [2.45, 2.75) is 6.92 Å². The average molecular weight is 447 g/mol. The number of rotatable bonds is 3. The third-order valence-electron chi connectivity index (χ3n) is 2.94. The summed E-state index contributed by atoms with van der Waals surface area (Å²) < 4.78 is 3.97. The number of hydrazine groups is 2. The molecule has 6 nitrogen and oxygen atoms in total. The van der Waals surface area contributed by atoms with Crippen molar-refractivity contribution in [2.24, 2.45) is 5.10 Å². The molecule has 2 aromatic rings. The molecule has 1 aromatic heterocycles. The Morgan fingerprint density at radius 3 is 2.75 bits per heavy atom. The summed E-state index contributed by atoms with van der Waals surface area (Å²) in [6, 6.07) is 8.05. The molecule has 0 bridgehead atoms. The molecule has 0 unspecified atom stereocenters. The van der Waals surface area contributed by atoms with Gasteiger partial charge in [0, 0.05) is 11.0 Å². The molecule has 1 aromatic carbocycles. The van der Waals surface area contributed by atoms with Crippen molar-refractivity contribution in [3.8, 4) is 5.69 Å². The number of nitrogens with one attached hydrogen (secondary N) is 2. The zero-order chi connectivity index (χ0) is 14.1. The van der Waals surface area contributed by atoms with Gasteiger partial charge in [0.2, 0.25) is 0 Å².